The number of unbranched alkanes of at least 4 members (excludes halogenated alkanes) is 1. The normalized spacial score (nSPS) is 10.4. The number of carbonyl (C=O) groups is 1. The van der Waals surface area contributed by atoms with Gasteiger partial charge in [0.25, 0.3) is 0 Å². The van der Waals surface area contributed by atoms with Crippen molar-refractivity contribution >= 4 is 29.9 Å². The largest absolute Gasteiger partial charge is 0.366 e. The molecule has 0 radical (unpaired) electrons. The minimum atomic E-state index is -0.316. The van der Waals surface area contributed by atoms with Gasteiger partial charge in [-0.05, 0) is 13.3 Å². The van der Waals surface area contributed by atoms with E-state index < -0.39 is 0 Å². The van der Waals surface area contributed by atoms with Crippen molar-refractivity contribution in [1.29, 1.82) is 0 Å². The van der Waals surface area contributed by atoms with Crippen LogP contribution in [0.5, 0.6) is 0 Å². The van der Waals surface area contributed by atoms with Crippen LogP contribution in [-0.4, -0.2) is 5.91 Å². The van der Waals surface area contributed by atoms with Crippen molar-refractivity contribution in [2.75, 3.05) is 0 Å². The summed E-state index contributed by atoms with van der Waals surface area (Å²) in [5.41, 5.74) is 5.63. The number of rotatable bonds is 3. The molecule has 3 heteroatoms. The number of hydrogen-bond donors (Lipinski definition) is 1. The first kappa shape index (κ1) is 12.6. The first-order valence-corrected chi connectivity index (χ1v) is 3.15. The fraction of sp³-hybridized carbons (Fsp3) is 0.571. The lowest BCUT2D eigenvalue weighted by Gasteiger charge is -1.90. The third kappa shape index (κ3) is 6.07. The summed E-state index contributed by atoms with van der Waals surface area (Å²) in [6.45, 7) is 3.79. The summed E-state index contributed by atoms with van der Waals surface area (Å²) < 4.78 is 0. The van der Waals surface area contributed by atoms with Crippen molar-refractivity contribution in [2.45, 2.75) is 26.7 Å². The highest BCUT2D eigenvalue weighted by Crippen LogP contribution is 1.95. The Morgan fingerprint density at radius 1 is 1.60 bits per heavy atom. The summed E-state index contributed by atoms with van der Waals surface area (Å²) in [6, 6.07) is 0. The van der Waals surface area contributed by atoms with Crippen LogP contribution in [-0.2, 0) is 4.79 Å². The minimum Gasteiger partial charge on any atom is -0.366 e. The fourth-order valence-electron chi connectivity index (χ4n) is 0.461. The van der Waals surface area contributed by atoms with Crippen LogP contribution in [0.1, 0.15) is 26.7 Å². The molecule has 0 spiro atoms. The Labute approximate surface area is 78.9 Å². The van der Waals surface area contributed by atoms with Crippen molar-refractivity contribution in [2.24, 2.45) is 5.73 Å². The molecular weight excluding hydrogens is 241 g/mol. The highest BCUT2D eigenvalue weighted by Gasteiger charge is 1.93. The minimum absolute atomic E-state index is 0. The van der Waals surface area contributed by atoms with Crippen molar-refractivity contribution < 1.29 is 4.79 Å². The first-order valence-electron chi connectivity index (χ1n) is 3.15. The lowest BCUT2D eigenvalue weighted by atomic mass is 10.2. The zero-order valence-corrected chi connectivity index (χ0v) is 8.72. The van der Waals surface area contributed by atoms with Crippen LogP contribution in [0.3, 0.4) is 0 Å². The Morgan fingerprint density at radius 3 is 2.40 bits per heavy atom. The van der Waals surface area contributed by atoms with Crippen LogP contribution in [0.2, 0.25) is 0 Å². The molecule has 0 aromatic heterocycles. The zero-order chi connectivity index (χ0) is 7.28. The van der Waals surface area contributed by atoms with E-state index in [1.807, 2.05) is 6.08 Å². The SMILES string of the molecule is CCCC=C(C)C(N)=O.I. The van der Waals surface area contributed by atoms with Crippen molar-refractivity contribution in [3.63, 3.8) is 0 Å². The number of amides is 1. The van der Waals surface area contributed by atoms with E-state index in [0.717, 1.165) is 12.8 Å². The van der Waals surface area contributed by atoms with Gasteiger partial charge in [-0.15, -0.1) is 24.0 Å². The predicted molar refractivity (Wildman–Crippen MR) is 53.3 cm³/mol. The van der Waals surface area contributed by atoms with Gasteiger partial charge in [0.1, 0.15) is 0 Å². The third-order valence-corrected chi connectivity index (χ3v) is 1.13. The predicted octanol–water partition coefficient (Wildman–Crippen LogP) is 1.84. The Balaban J connectivity index is 0. The van der Waals surface area contributed by atoms with E-state index in [4.69, 9.17) is 5.73 Å². The molecule has 0 saturated carbocycles. The molecule has 0 aromatic rings. The van der Waals surface area contributed by atoms with Gasteiger partial charge in [-0.25, -0.2) is 0 Å². The molecular formula is C7H14INO. The maximum Gasteiger partial charge on any atom is 0.244 e. The van der Waals surface area contributed by atoms with Gasteiger partial charge in [0.05, 0.1) is 0 Å². The number of allylic oxidation sites excluding steroid dienone is 1. The monoisotopic (exact) mass is 255 g/mol. The molecule has 0 rings (SSSR count). The van der Waals surface area contributed by atoms with Gasteiger partial charge in [-0.2, -0.15) is 0 Å². The molecule has 0 unspecified atom stereocenters. The summed E-state index contributed by atoms with van der Waals surface area (Å²) in [5.74, 6) is -0.316. The Morgan fingerprint density at radius 2 is 2.10 bits per heavy atom. The smallest absolute Gasteiger partial charge is 0.244 e. The van der Waals surface area contributed by atoms with E-state index in [0.29, 0.717) is 5.57 Å². The Bertz CT molecular complexity index is 132. The van der Waals surface area contributed by atoms with E-state index in [1.165, 1.54) is 0 Å². The molecule has 0 atom stereocenters. The summed E-state index contributed by atoms with van der Waals surface area (Å²) in [5, 5.41) is 0. The Hall–Kier alpha value is -0.0600. The molecule has 2 nitrogen and oxygen atoms in total. The fourth-order valence-corrected chi connectivity index (χ4v) is 0.461. The van der Waals surface area contributed by atoms with E-state index in [2.05, 4.69) is 6.92 Å². The molecule has 60 valence electrons. The van der Waals surface area contributed by atoms with E-state index in [1.54, 1.807) is 6.92 Å². The molecule has 0 heterocycles. The average Bonchev–Trinajstić information content (AvgIpc) is 1.82. The summed E-state index contributed by atoms with van der Waals surface area (Å²) in [6.07, 6.45) is 3.86. The molecule has 0 saturated heterocycles. The molecule has 0 bridgehead atoms. The number of carbonyl (C=O) groups excluding carboxylic acids is 1. The van der Waals surface area contributed by atoms with Crippen molar-refractivity contribution in [1.82, 2.24) is 0 Å². The topological polar surface area (TPSA) is 43.1 Å². The van der Waals surface area contributed by atoms with Crippen LogP contribution in [0.4, 0.5) is 0 Å². The maximum absolute atomic E-state index is 10.4. The quantitative estimate of drug-likeness (QED) is 0.606. The second-order valence-corrected chi connectivity index (χ2v) is 2.04. The van der Waals surface area contributed by atoms with Crippen LogP contribution in [0.25, 0.3) is 0 Å². The first-order chi connectivity index (χ1) is 4.18. The molecule has 0 aliphatic carbocycles. The molecule has 0 aliphatic rings. The van der Waals surface area contributed by atoms with Gasteiger partial charge < -0.3 is 5.73 Å². The van der Waals surface area contributed by atoms with Crippen LogP contribution >= 0.6 is 24.0 Å². The Kier molecular flexibility index (Phi) is 8.89. The second-order valence-electron chi connectivity index (χ2n) is 2.04. The van der Waals surface area contributed by atoms with Crippen LogP contribution in [0.15, 0.2) is 11.6 Å². The summed E-state index contributed by atoms with van der Waals surface area (Å²) in [4.78, 5) is 10.4. The van der Waals surface area contributed by atoms with Gasteiger partial charge in [0.15, 0.2) is 0 Å². The summed E-state index contributed by atoms with van der Waals surface area (Å²) >= 11 is 0. The maximum atomic E-state index is 10.4. The van der Waals surface area contributed by atoms with Crippen molar-refractivity contribution in [3.8, 4) is 0 Å². The standard InChI is InChI=1S/C7H13NO.HI/c1-3-4-5-6(2)7(8)9;/h5H,3-4H2,1-2H3,(H2,8,9);1H. The lowest BCUT2D eigenvalue weighted by molar-refractivity contribution is -0.114. The molecule has 10 heavy (non-hydrogen) atoms. The van der Waals surface area contributed by atoms with E-state index >= 15 is 0 Å². The van der Waals surface area contributed by atoms with Crippen molar-refractivity contribution in [3.05, 3.63) is 11.6 Å². The average molecular weight is 255 g/mol. The number of primary amides is 1. The molecule has 0 fully saturated rings. The summed E-state index contributed by atoms with van der Waals surface area (Å²) in [7, 11) is 0. The van der Waals surface area contributed by atoms with Gasteiger partial charge in [-0.3, -0.25) is 4.79 Å². The third-order valence-electron chi connectivity index (χ3n) is 1.13. The highest BCUT2D eigenvalue weighted by atomic mass is 127. The van der Waals surface area contributed by atoms with Crippen LogP contribution in [0, 0.1) is 0 Å². The van der Waals surface area contributed by atoms with Crippen LogP contribution < -0.4 is 5.73 Å². The number of nitrogens with two attached hydrogens (primary N) is 1. The van der Waals surface area contributed by atoms with Gasteiger partial charge >= 0.3 is 0 Å². The zero-order valence-electron chi connectivity index (χ0n) is 6.39. The van der Waals surface area contributed by atoms with Gasteiger partial charge in [-0.1, -0.05) is 19.4 Å². The molecule has 0 aliphatic heterocycles. The molecule has 1 amide bonds. The number of hydrogen-bond acceptors (Lipinski definition) is 1. The number of halogens is 1. The van der Waals surface area contributed by atoms with Gasteiger partial charge in [0, 0.05) is 5.57 Å². The molecule has 0 aromatic carbocycles. The molecule has 2 N–H and O–H groups in total. The lowest BCUT2D eigenvalue weighted by Crippen LogP contribution is -2.11. The van der Waals surface area contributed by atoms with Gasteiger partial charge in [0.2, 0.25) is 5.91 Å². The highest BCUT2D eigenvalue weighted by molar-refractivity contribution is 14.0. The second kappa shape index (κ2) is 7.05. The van der Waals surface area contributed by atoms with E-state index in [9.17, 15) is 4.79 Å². The van der Waals surface area contributed by atoms with E-state index in [-0.39, 0.29) is 29.9 Å².